The van der Waals surface area contributed by atoms with Crippen LogP contribution in [0.5, 0.6) is 5.75 Å². The number of ether oxygens (including phenoxy) is 2. The summed E-state index contributed by atoms with van der Waals surface area (Å²) in [4.78, 5) is 18.2. The average Bonchev–Trinajstić information content (AvgIpc) is 3.35. The lowest BCUT2D eigenvalue weighted by molar-refractivity contribution is -0.117. The molecule has 1 unspecified atom stereocenters. The van der Waals surface area contributed by atoms with Crippen LogP contribution in [0.3, 0.4) is 0 Å². The number of amides is 1. The molecule has 126 valence electrons. The number of thiazole rings is 1. The number of hydrogen-bond acceptors (Lipinski definition) is 5. The van der Waals surface area contributed by atoms with Crippen molar-refractivity contribution in [3.63, 3.8) is 0 Å². The smallest absolute Gasteiger partial charge is 0.227 e. The zero-order valence-electron chi connectivity index (χ0n) is 13.4. The Bertz CT molecular complexity index is 707. The molecule has 0 bridgehead atoms. The molecule has 2 saturated heterocycles. The molecule has 0 spiro atoms. The van der Waals surface area contributed by atoms with Gasteiger partial charge in [-0.15, -0.1) is 11.3 Å². The van der Waals surface area contributed by atoms with Crippen LogP contribution >= 0.6 is 11.3 Å². The maximum absolute atomic E-state index is 11.8. The lowest BCUT2D eigenvalue weighted by atomic mass is 10.2. The number of carbonyl (C=O) groups excluding carboxylic acids is 1. The third-order valence-corrected chi connectivity index (χ3v) is 5.37. The maximum atomic E-state index is 11.8. The Morgan fingerprint density at radius 3 is 2.88 bits per heavy atom. The minimum absolute atomic E-state index is 0.168. The van der Waals surface area contributed by atoms with Gasteiger partial charge in [-0.05, 0) is 43.5 Å². The maximum Gasteiger partial charge on any atom is 0.227 e. The van der Waals surface area contributed by atoms with Crippen molar-refractivity contribution >= 4 is 22.9 Å². The van der Waals surface area contributed by atoms with Gasteiger partial charge in [-0.2, -0.15) is 0 Å². The minimum atomic E-state index is 0.168. The van der Waals surface area contributed by atoms with E-state index in [1.54, 1.807) is 11.3 Å². The molecule has 2 aliphatic rings. The van der Waals surface area contributed by atoms with Crippen molar-refractivity contribution in [2.75, 3.05) is 18.1 Å². The molecule has 0 N–H and O–H groups in total. The molecule has 0 saturated carbocycles. The van der Waals surface area contributed by atoms with Crippen LogP contribution in [-0.4, -0.2) is 24.0 Å². The van der Waals surface area contributed by atoms with Gasteiger partial charge < -0.3 is 14.4 Å². The van der Waals surface area contributed by atoms with Crippen molar-refractivity contribution < 1.29 is 14.3 Å². The van der Waals surface area contributed by atoms with Crippen LogP contribution in [-0.2, 0) is 16.1 Å². The Labute approximate surface area is 145 Å². The van der Waals surface area contributed by atoms with Crippen LogP contribution in [0.15, 0.2) is 29.6 Å². The number of nitrogens with zero attached hydrogens (tertiary/aromatic N) is 2. The zero-order chi connectivity index (χ0) is 16.4. The molecule has 1 aromatic carbocycles. The van der Waals surface area contributed by atoms with Crippen molar-refractivity contribution in [2.24, 2.45) is 0 Å². The summed E-state index contributed by atoms with van der Waals surface area (Å²) in [5.41, 5.74) is 1.88. The van der Waals surface area contributed by atoms with E-state index in [9.17, 15) is 4.79 Å². The highest BCUT2D eigenvalue weighted by molar-refractivity contribution is 7.09. The lowest BCUT2D eigenvalue weighted by Crippen LogP contribution is -2.23. The van der Waals surface area contributed by atoms with E-state index >= 15 is 0 Å². The Morgan fingerprint density at radius 2 is 2.17 bits per heavy atom. The molecule has 2 aliphatic heterocycles. The summed E-state index contributed by atoms with van der Waals surface area (Å²) in [6.45, 7) is 2.09. The third kappa shape index (κ3) is 3.30. The first-order valence-corrected chi connectivity index (χ1v) is 9.27. The quantitative estimate of drug-likeness (QED) is 0.830. The van der Waals surface area contributed by atoms with Crippen LogP contribution in [0.4, 0.5) is 5.69 Å². The van der Waals surface area contributed by atoms with Gasteiger partial charge in [0.15, 0.2) is 0 Å². The van der Waals surface area contributed by atoms with Gasteiger partial charge in [-0.25, -0.2) is 4.98 Å². The lowest BCUT2D eigenvalue weighted by Gasteiger charge is -2.16. The first kappa shape index (κ1) is 15.6. The van der Waals surface area contributed by atoms with Gasteiger partial charge in [0, 0.05) is 30.6 Å². The van der Waals surface area contributed by atoms with E-state index < -0.39 is 0 Å². The highest BCUT2D eigenvalue weighted by Gasteiger charge is 2.22. The first-order valence-electron chi connectivity index (χ1n) is 8.39. The molecule has 2 fully saturated rings. The predicted octanol–water partition coefficient (Wildman–Crippen LogP) is 3.70. The molecule has 4 rings (SSSR count). The molecule has 6 heteroatoms. The molecule has 2 aromatic rings. The molecule has 0 radical (unpaired) electrons. The summed E-state index contributed by atoms with van der Waals surface area (Å²) in [6, 6.07) is 7.71. The standard InChI is InChI=1S/C18H20N2O3S/c21-17-4-1-9-20(17)14-5-7-15(8-6-14)23-11-13-12-24-18(19-13)16-3-2-10-22-16/h5-8,12,16H,1-4,9-11H2. The second-order valence-corrected chi connectivity index (χ2v) is 7.00. The van der Waals surface area contributed by atoms with Crippen molar-refractivity contribution in [3.8, 4) is 5.75 Å². The number of hydrogen-bond donors (Lipinski definition) is 0. The highest BCUT2D eigenvalue weighted by Crippen LogP contribution is 2.31. The van der Waals surface area contributed by atoms with E-state index in [-0.39, 0.29) is 12.0 Å². The molecule has 1 amide bonds. The van der Waals surface area contributed by atoms with Crippen molar-refractivity contribution in [3.05, 3.63) is 40.3 Å². The monoisotopic (exact) mass is 344 g/mol. The van der Waals surface area contributed by atoms with Crippen LogP contribution in [0, 0.1) is 0 Å². The largest absolute Gasteiger partial charge is 0.487 e. The van der Waals surface area contributed by atoms with Gasteiger partial charge in [-0.3, -0.25) is 4.79 Å². The zero-order valence-corrected chi connectivity index (χ0v) is 14.3. The fourth-order valence-electron chi connectivity index (χ4n) is 3.11. The molecular weight excluding hydrogens is 324 g/mol. The molecule has 3 heterocycles. The van der Waals surface area contributed by atoms with Crippen LogP contribution in [0.2, 0.25) is 0 Å². The van der Waals surface area contributed by atoms with E-state index in [1.807, 2.05) is 34.5 Å². The van der Waals surface area contributed by atoms with E-state index in [0.29, 0.717) is 13.0 Å². The Kier molecular flexibility index (Phi) is 4.49. The highest BCUT2D eigenvalue weighted by atomic mass is 32.1. The Hall–Kier alpha value is -1.92. The number of benzene rings is 1. The minimum Gasteiger partial charge on any atom is -0.487 e. The normalized spacial score (nSPS) is 20.8. The first-order chi connectivity index (χ1) is 11.8. The second-order valence-electron chi connectivity index (χ2n) is 6.11. The van der Waals surface area contributed by atoms with Crippen LogP contribution < -0.4 is 9.64 Å². The van der Waals surface area contributed by atoms with E-state index in [1.165, 1.54) is 0 Å². The number of aromatic nitrogens is 1. The van der Waals surface area contributed by atoms with Gasteiger partial charge in [-0.1, -0.05) is 0 Å². The van der Waals surface area contributed by atoms with Crippen LogP contribution in [0.25, 0.3) is 0 Å². The fraction of sp³-hybridized carbons (Fsp3) is 0.444. The number of carbonyl (C=O) groups is 1. The van der Waals surface area contributed by atoms with Crippen molar-refractivity contribution in [1.29, 1.82) is 0 Å². The van der Waals surface area contributed by atoms with E-state index in [0.717, 1.165) is 54.6 Å². The molecule has 24 heavy (non-hydrogen) atoms. The van der Waals surface area contributed by atoms with Gasteiger partial charge in [0.05, 0.1) is 5.69 Å². The summed E-state index contributed by atoms with van der Waals surface area (Å²) in [7, 11) is 0. The van der Waals surface area contributed by atoms with Gasteiger partial charge in [0.25, 0.3) is 0 Å². The molecule has 1 atom stereocenters. The molecule has 5 nitrogen and oxygen atoms in total. The van der Waals surface area contributed by atoms with Crippen molar-refractivity contribution in [2.45, 2.75) is 38.4 Å². The predicted molar refractivity (Wildman–Crippen MR) is 92.4 cm³/mol. The Morgan fingerprint density at radius 1 is 1.29 bits per heavy atom. The summed E-state index contributed by atoms with van der Waals surface area (Å²) in [6.07, 6.45) is 3.93. The summed E-state index contributed by atoms with van der Waals surface area (Å²) in [5, 5.41) is 3.09. The van der Waals surface area contributed by atoms with Crippen LogP contribution in [0.1, 0.15) is 42.5 Å². The van der Waals surface area contributed by atoms with Gasteiger partial charge in [0.2, 0.25) is 5.91 Å². The summed E-state index contributed by atoms with van der Waals surface area (Å²) < 4.78 is 11.5. The molecule has 0 aliphatic carbocycles. The second kappa shape index (κ2) is 6.91. The SMILES string of the molecule is O=C1CCCN1c1ccc(OCc2csc(C3CCCO3)n2)cc1. The summed E-state index contributed by atoms with van der Waals surface area (Å²) in [5.74, 6) is 0.991. The third-order valence-electron chi connectivity index (χ3n) is 4.38. The Balaban J connectivity index is 1.35. The topological polar surface area (TPSA) is 51.7 Å². The van der Waals surface area contributed by atoms with Crippen molar-refractivity contribution in [1.82, 2.24) is 4.98 Å². The number of rotatable bonds is 5. The van der Waals surface area contributed by atoms with E-state index in [2.05, 4.69) is 4.98 Å². The van der Waals surface area contributed by atoms with Gasteiger partial charge >= 0.3 is 0 Å². The van der Waals surface area contributed by atoms with E-state index in [4.69, 9.17) is 9.47 Å². The molecule has 1 aromatic heterocycles. The average molecular weight is 344 g/mol. The number of anilines is 1. The van der Waals surface area contributed by atoms with Gasteiger partial charge in [0.1, 0.15) is 23.5 Å². The fourth-order valence-corrected chi connectivity index (χ4v) is 4.00. The summed E-state index contributed by atoms with van der Waals surface area (Å²) >= 11 is 1.64. The molecular formula is C18H20N2O3S.